The molecule has 0 aliphatic rings. The molecule has 3 amide bonds. The number of aryl methyl sites for hydroxylation is 1. The van der Waals surface area contributed by atoms with Gasteiger partial charge in [0.25, 0.3) is 0 Å². The van der Waals surface area contributed by atoms with E-state index in [4.69, 9.17) is 9.47 Å². The van der Waals surface area contributed by atoms with Crippen LogP contribution >= 0.6 is 0 Å². The third-order valence-electron chi connectivity index (χ3n) is 6.12. The van der Waals surface area contributed by atoms with Gasteiger partial charge in [0.2, 0.25) is 11.8 Å². The molecule has 1 aromatic rings. The molecular formula is C31H51N3O6. The van der Waals surface area contributed by atoms with Crippen molar-refractivity contribution >= 4 is 23.9 Å². The SMILES string of the molecule is CCCCCCN(C(=O)C(CC(C)C)NC(=O)OC(C)(C)C)C(C(=O)NCCC(=O)OCC)c1ccc(C)cc1. The van der Waals surface area contributed by atoms with E-state index >= 15 is 0 Å². The van der Waals surface area contributed by atoms with Gasteiger partial charge in [-0.05, 0) is 58.9 Å². The van der Waals surface area contributed by atoms with E-state index in [0.717, 1.165) is 24.8 Å². The number of alkyl carbamates (subject to hydrolysis) is 1. The van der Waals surface area contributed by atoms with Crippen LogP contribution in [-0.4, -0.2) is 60.1 Å². The predicted octanol–water partition coefficient (Wildman–Crippen LogP) is 5.45. The molecule has 1 rings (SSSR count). The van der Waals surface area contributed by atoms with Crippen LogP contribution in [0.2, 0.25) is 0 Å². The van der Waals surface area contributed by atoms with Gasteiger partial charge in [-0.15, -0.1) is 0 Å². The number of nitrogens with one attached hydrogen (secondary N) is 2. The van der Waals surface area contributed by atoms with Crippen molar-refractivity contribution in [2.75, 3.05) is 19.7 Å². The van der Waals surface area contributed by atoms with Crippen molar-refractivity contribution in [3.8, 4) is 0 Å². The second-order valence-corrected chi connectivity index (χ2v) is 11.6. The van der Waals surface area contributed by atoms with Gasteiger partial charge in [-0.3, -0.25) is 14.4 Å². The molecule has 2 atom stereocenters. The molecule has 40 heavy (non-hydrogen) atoms. The lowest BCUT2D eigenvalue weighted by atomic mass is 9.98. The van der Waals surface area contributed by atoms with Crippen LogP contribution in [0.3, 0.4) is 0 Å². The molecule has 0 bridgehead atoms. The maximum atomic E-state index is 14.2. The molecule has 9 nitrogen and oxygen atoms in total. The lowest BCUT2D eigenvalue weighted by Gasteiger charge is -2.35. The minimum atomic E-state index is -0.938. The summed E-state index contributed by atoms with van der Waals surface area (Å²) in [4.78, 5) is 54.0. The number of hydrogen-bond acceptors (Lipinski definition) is 6. The van der Waals surface area contributed by atoms with E-state index in [0.29, 0.717) is 24.9 Å². The summed E-state index contributed by atoms with van der Waals surface area (Å²) in [6.45, 7) is 15.7. The van der Waals surface area contributed by atoms with Gasteiger partial charge in [0.05, 0.1) is 13.0 Å². The highest BCUT2D eigenvalue weighted by Crippen LogP contribution is 2.25. The van der Waals surface area contributed by atoms with Crippen molar-refractivity contribution in [3.05, 3.63) is 35.4 Å². The summed E-state index contributed by atoms with van der Waals surface area (Å²) in [7, 11) is 0. The van der Waals surface area contributed by atoms with E-state index in [1.807, 2.05) is 45.0 Å². The summed E-state index contributed by atoms with van der Waals surface area (Å²) >= 11 is 0. The number of amides is 3. The van der Waals surface area contributed by atoms with Crippen LogP contribution in [0.1, 0.15) is 104 Å². The van der Waals surface area contributed by atoms with Gasteiger partial charge in [0, 0.05) is 13.1 Å². The van der Waals surface area contributed by atoms with Crippen molar-refractivity contribution in [1.82, 2.24) is 15.5 Å². The average molecular weight is 562 g/mol. The number of carbonyl (C=O) groups excluding carboxylic acids is 4. The second-order valence-electron chi connectivity index (χ2n) is 11.6. The molecule has 2 N–H and O–H groups in total. The molecule has 0 fully saturated rings. The molecule has 0 aromatic heterocycles. The van der Waals surface area contributed by atoms with E-state index in [1.165, 1.54) is 0 Å². The third-order valence-corrected chi connectivity index (χ3v) is 6.12. The molecule has 1 aromatic carbocycles. The summed E-state index contributed by atoms with van der Waals surface area (Å²) in [5.74, 6) is -1.04. The highest BCUT2D eigenvalue weighted by molar-refractivity contribution is 5.92. The fourth-order valence-corrected chi connectivity index (χ4v) is 4.26. The topological polar surface area (TPSA) is 114 Å². The Labute approximate surface area is 240 Å². The molecule has 0 aliphatic carbocycles. The van der Waals surface area contributed by atoms with Gasteiger partial charge in [0.15, 0.2) is 0 Å². The molecular weight excluding hydrogens is 510 g/mol. The van der Waals surface area contributed by atoms with Crippen molar-refractivity contribution < 1.29 is 28.7 Å². The average Bonchev–Trinajstić information content (AvgIpc) is 2.84. The lowest BCUT2D eigenvalue weighted by molar-refractivity contribution is -0.144. The van der Waals surface area contributed by atoms with Crippen molar-refractivity contribution in [2.24, 2.45) is 5.92 Å². The minimum absolute atomic E-state index is 0.0286. The zero-order chi connectivity index (χ0) is 30.3. The first kappa shape index (κ1) is 34.9. The molecule has 0 saturated carbocycles. The number of rotatable bonds is 16. The maximum Gasteiger partial charge on any atom is 0.408 e. The Hall–Kier alpha value is -3.10. The molecule has 9 heteroatoms. The van der Waals surface area contributed by atoms with Gasteiger partial charge in [0.1, 0.15) is 17.7 Å². The summed E-state index contributed by atoms with van der Waals surface area (Å²) < 4.78 is 10.4. The summed E-state index contributed by atoms with van der Waals surface area (Å²) in [6.07, 6.45) is 3.38. The zero-order valence-electron chi connectivity index (χ0n) is 25.8. The quantitative estimate of drug-likeness (QED) is 0.205. The lowest BCUT2D eigenvalue weighted by Crippen LogP contribution is -2.53. The normalized spacial score (nSPS) is 12.8. The Balaban J connectivity index is 3.41. The standard InChI is InChI=1S/C31H51N3O6/c1-9-11-12-13-20-34(29(37)25(21-22(3)4)33-30(38)40-31(6,7)8)27(24-16-14-23(5)15-17-24)28(36)32-19-18-26(35)39-10-2/h14-17,22,25,27H,9-13,18-21H2,1-8H3,(H,32,36)(H,33,38). The first-order valence-corrected chi connectivity index (χ1v) is 14.6. The van der Waals surface area contributed by atoms with Crippen LogP contribution in [0.25, 0.3) is 0 Å². The number of ether oxygens (including phenoxy) is 2. The van der Waals surface area contributed by atoms with Gasteiger partial charge >= 0.3 is 12.1 Å². The van der Waals surface area contributed by atoms with Gasteiger partial charge < -0.3 is 25.0 Å². The first-order chi connectivity index (χ1) is 18.8. The van der Waals surface area contributed by atoms with Crippen LogP contribution in [-0.2, 0) is 23.9 Å². The Morgan fingerprint density at radius 2 is 1.62 bits per heavy atom. The highest BCUT2D eigenvalue weighted by atomic mass is 16.6. The number of benzene rings is 1. The van der Waals surface area contributed by atoms with Crippen LogP contribution in [0.4, 0.5) is 4.79 Å². The predicted molar refractivity (Wildman–Crippen MR) is 157 cm³/mol. The first-order valence-electron chi connectivity index (χ1n) is 14.6. The number of nitrogens with zero attached hydrogens (tertiary/aromatic N) is 1. The fourth-order valence-electron chi connectivity index (χ4n) is 4.26. The van der Waals surface area contributed by atoms with Crippen LogP contribution < -0.4 is 10.6 Å². The van der Waals surface area contributed by atoms with Crippen LogP contribution in [0, 0.1) is 12.8 Å². The van der Waals surface area contributed by atoms with E-state index in [-0.39, 0.29) is 31.4 Å². The Bertz CT molecular complexity index is 939. The fraction of sp³-hybridized carbons (Fsp3) is 0.677. The number of esters is 1. The number of carbonyl (C=O) groups is 4. The van der Waals surface area contributed by atoms with E-state index in [1.54, 1.807) is 32.6 Å². The summed E-state index contributed by atoms with van der Waals surface area (Å²) in [5.41, 5.74) is 0.956. The monoisotopic (exact) mass is 561 g/mol. The smallest absolute Gasteiger partial charge is 0.408 e. The van der Waals surface area contributed by atoms with E-state index in [2.05, 4.69) is 17.6 Å². The third kappa shape index (κ3) is 13.3. The van der Waals surface area contributed by atoms with Crippen molar-refractivity contribution in [2.45, 2.75) is 112 Å². The van der Waals surface area contributed by atoms with Crippen LogP contribution in [0.5, 0.6) is 0 Å². The van der Waals surface area contributed by atoms with Gasteiger partial charge in [-0.1, -0.05) is 69.9 Å². The number of unbranched alkanes of at least 4 members (excludes halogenated alkanes) is 3. The highest BCUT2D eigenvalue weighted by Gasteiger charge is 2.36. The zero-order valence-corrected chi connectivity index (χ0v) is 25.8. The molecule has 0 heterocycles. The largest absolute Gasteiger partial charge is 0.466 e. The molecule has 226 valence electrons. The van der Waals surface area contributed by atoms with Gasteiger partial charge in [-0.25, -0.2) is 4.79 Å². The molecule has 0 radical (unpaired) electrons. The molecule has 0 spiro atoms. The van der Waals surface area contributed by atoms with E-state index < -0.39 is 35.7 Å². The second kappa shape index (κ2) is 17.6. The molecule has 0 aliphatic heterocycles. The minimum Gasteiger partial charge on any atom is -0.466 e. The Morgan fingerprint density at radius 1 is 0.975 bits per heavy atom. The summed E-state index contributed by atoms with van der Waals surface area (Å²) in [6, 6.07) is 5.68. The maximum absolute atomic E-state index is 14.2. The Kier molecular flexibility index (Phi) is 15.3. The van der Waals surface area contributed by atoms with Crippen molar-refractivity contribution in [1.29, 1.82) is 0 Å². The summed E-state index contributed by atoms with van der Waals surface area (Å²) in [5, 5.41) is 5.60. The Morgan fingerprint density at radius 3 is 2.17 bits per heavy atom. The van der Waals surface area contributed by atoms with E-state index in [9.17, 15) is 19.2 Å². The van der Waals surface area contributed by atoms with Crippen molar-refractivity contribution in [3.63, 3.8) is 0 Å². The van der Waals surface area contributed by atoms with Gasteiger partial charge in [-0.2, -0.15) is 0 Å². The molecule has 2 unspecified atom stereocenters. The van der Waals surface area contributed by atoms with Crippen LogP contribution in [0.15, 0.2) is 24.3 Å². The molecule has 0 saturated heterocycles. The number of hydrogen-bond donors (Lipinski definition) is 2.